The van der Waals surface area contributed by atoms with E-state index in [9.17, 15) is 4.79 Å². The molecule has 0 fully saturated rings. The highest BCUT2D eigenvalue weighted by Crippen LogP contribution is 2.28. The molecule has 0 aliphatic heterocycles. The Bertz CT molecular complexity index is 996. The molecule has 0 radical (unpaired) electrons. The second-order valence-corrected chi connectivity index (χ2v) is 6.44. The van der Waals surface area contributed by atoms with Gasteiger partial charge in [0.05, 0.1) is 29.6 Å². The zero-order valence-corrected chi connectivity index (χ0v) is 16.6. The summed E-state index contributed by atoms with van der Waals surface area (Å²) < 4.78 is 4.75. The van der Waals surface area contributed by atoms with Gasteiger partial charge in [0.1, 0.15) is 0 Å². The van der Waals surface area contributed by atoms with E-state index >= 15 is 0 Å². The average molecular weight is 398 g/mol. The molecule has 7 nitrogen and oxygen atoms in total. The van der Waals surface area contributed by atoms with Gasteiger partial charge in [-0.05, 0) is 49.7 Å². The number of esters is 1. The van der Waals surface area contributed by atoms with Crippen molar-refractivity contribution in [2.24, 2.45) is 0 Å². The van der Waals surface area contributed by atoms with Crippen LogP contribution >= 0.6 is 11.6 Å². The van der Waals surface area contributed by atoms with Crippen LogP contribution in [0.5, 0.6) is 0 Å². The zero-order valence-electron chi connectivity index (χ0n) is 15.8. The Hall–Kier alpha value is -3.19. The molecule has 28 heavy (non-hydrogen) atoms. The predicted molar refractivity (Wildman–Crippen MR) is 110 cm³/mol. The number of aromatic nitrogens is 3. The number of aryl methyl sites for hydroxylation is 1. The summed E-state index contributed by atoms with van der Waals surface area (Å²) in [6, 6.07) is 12.9. The minimum Gasteiger partial charge on any atom is -0.465 e. The number of nitrogens with one attached hydrogen (secondary N) is 1. The number of benzene rings is 2. The molecule has 8 heteroatoms. The molecule has 0 bridgehead atoms. The van der Waals surface area contributed by atoms with E-state index in [0.717, 1.165) is 11.3 Å². The summed E-state index contributed by atoms with van der Waals surface area (Å²) in [5.74, 6) is 0.461. The maximum Gasteiger partial charge on any atom is 0.337 e. The van der Waals surface area contributed by atoms with Gasteiger partial charge in [0.15, 0.2) is 5.82 Å². The van der Waals surface area contributed by atoms with Crippen molar-refractivity contribution < 1.29 is 9.53 Å². The lowest BCUT2D eigenvalue weighted by Crippen LogP contribution is -2.18. The van der Waals surface area contributed by atoms with Gasteiger partial charge in [0.25, 0.3) is 0 Å². The van der Waals surface area contributed by atoms with E-state index in [4.69, 9.17) is 16.3 Å². The van der Waals surface area contributed by atoms with Crippen LogP contribution in [0.1, 0.15) is 22.8 Å². The van der Waals surface area contributed by atoms with Crippen molar-refractivity contribution in [3.8, 4) is 0 Å². The Kier molecular flexibility index (Phi) is 6.06. The molecule has 0 spiro atoms. The molecule has 2 aromatic carbocycles. The Morgan fingerprint density at radius 3 is 2.79 bits per heavy atom. The normalized spacial score (nSPS) is 10.4. The van der Waals surface area contributed by atoms with Gasteiger partial charge < -0.3 is 15.0 Å². The minimum atomic E-state index is -0.455. The molecule has 3 aromatic rings. The quantitative estimate of drug-likeness (QED) is 0.612. The van der Waals surface area contributed by atoms with Gasteiger partial charge in [0.2, 0.25) is 5.95 Å². The fourth-order valence-electron chi connectivity index (χ4n) is 2.74. The maximum absolute atomic E-state index is 11.8. The second-order valence-electron chi connectivity index (χ2n) is 6.03. The van der Waals surface area contributed by atoms with Gasteiger partial charge in [-0.1, -0.05) is 23.7 Å². The number of hydrogen-bond donors (Lipinski definition) is 1. The van der Waals surface area contributed by atoms with Crippen LogP contribution in [0.25, 0.3) is 0 Å². The summed E-state index contributed by atoms with van der Waals surface area (Å²) in [6.07, 6.45) is 1.60. The first-order valence-corrected chi connectivity index (χ1v) is 9.08. The molecule has 144 valence electrons. The van der Waals surface area contributed by atoms with Crippen LogP contribution < -0.4 is 10.2 Å². The number of hydrogen-bond acceptors (Lipinski definition) is 7. The fraction of sp³-hybridized carbons (Fsp3) is 0.200. The third-order valence-corrected chi connectivity index (χ3v) is 4.42. The number of halogens is 1. The van der Waals surface area contributed by atoms with Crippen LogP contribution in [0.15, 0.2) is 48.7 Å². The van der Waals surface area contributed by atoms with Crippen molar-refractivity contribution in [2.45, 2.75) is 13.8 Å². The second kappa shape index (κ2) is 8.67. The molecular formula is C20H20ClN5O2. The number of carbonyl (C=O) groups is 1. The Labute approximate surface area is 168 Å². The van der Waals surface area contributed by atoms with Crippen molar-refractivity contribution >= 4 is 40.7 Å². The molecule has 0 aliphatic rings. The van der Waals surface area contributed by atoms with E-state index in [2.05, 4.69) is 26.6 Å². The highest BCUT2D eigenvalue weighted by atomic mass is 35.5. The van der Waals surface area contributed by atoms with Crippen LogP contribution in [0.4, 0.5) is 23.1 Å². The van der Waals surface area contributed by atoms with Gasteiger partial charge in [-0.3, -0.25) is 0 Å². The molecule has 1 aromatic heterocycles. The summed E-state index contributed by atoms with van der Waals surface area (Å²) in [6.45, 7) is 4.78. The molecule has 0 saturated heterocycles. The molecule has 0 unspecified atom stereocenters. The number of nitrogens with zero attached hydrogens (tertiary/aromatic N) is 4. The lowest BCUT2D eigenvalue weighted by Gasteiger charge is -2.22. The molecule has 1 N–H and O–H groups in total. The van der Waals surface area contributed by atoms with Gasteiger partial charge in [-0.15, -0.1) is 5.10 Å². The average Bonchev–Trinajstić information content (AvgIpc) is 2.70. The van der Waals surface area contributed by atoms with Crippen molar-refractivity contribution in [3.05, 3.63) is 64.8 Å². The van der Waals surface area contributed by atoms with Crippen LogP contribution in [0.2, 0.25) is 5.02 Å². The Morgan fingerprint density at radius 2 is 2.07 bits per heavy atom. The largest absolute Gasteiger partial charge is 0.465 e. The van der Waals surface area contributed by atoms with E-state index in [1.54, 1.807) is 24.4 Å². The van der Waals surface area contributed by atoms with Crippen LogP contribution in [-0.2, 0) is 4.74 Å². The standard InChI is InChI=1S/C20H20ClN5O2/c1-4-26(15-7-5-6-13(2)10-15)18-12-22-25-20(24-18)23-17-11-14(19(27)28-3)8-9-16(17)21/h5-12H,4H2,1-3H3,(H,23,24,25). The number of methoxy groups -OCH3 is 1. The lowest BCUT2D eigenvalue weighted by atomic mass is 10.2. The van der Waals surface area contributed by atoms with Gasteiger partial charge in [-0.2, -0.15) is 10.1 Å². The molecule has 1 heterocycles. The maximum atomic E-state index is 11.8. The van der Waals surface area contributed by atoms with Crippen LogP contribution in [0.3, 0.4) is 0 Å². The number of carbonyl (C=O) groups excluding carboxylic acids is 1. The van der Waals surface area contributed by atoms with E-state index in [0.29, 0.717) is 28.6 Å². The molecule has 0 atom stereocenters. The zero-order chi connectivity index (χ0) is 20.1. The highest BCUT2D eigenvalue weighted by Gasteiger charge is 2.13. The molecule has 3 rings (SSSR count). The Morgan fingerprint density at radius 1 is 1.25 bits per heavy atom. The predicted octanol–water partition coefficient (Wildman–Crippen LogP) is 4.52. The summed E-state index contributed by atoms with van der Waals surface area (Å²) in [5.41, 5.74) is 3.03. The monoisotopic (exact) mass is 397 g/mol. The van der Waals surface area contributed by atoms with Crippen molar-refractivity contribution in [3.63, 3.8) is 0 Å². The van der Waals surface area contributed by atoms with Gasteiger partial charge in [-0.25, -0.2) is 4.79 Å². The first-order valence-electron chi connectivity index (χ1n) is 8.70. The summed E-state index contributed by atoms with van der Waals surface area (Å²) in [4.78, 5) is 18.3. The van der Waals surface area contributed by atoms with E-state index < -0.39 is 5.97 Å². The highest BCUT2D eigenvalue weighted by molar-refractivity contribution is 6.33. The van der Waals surface area contributed by atoms with E-state index in [1.165, 1.54) is 7.11 Å². The molecule has 0 amide bonds. The number of anilines is 4. The van der Waals surface area contributed by atoms with Crippen molar-refractivity contribution in [2.75, 3.05) is 23.9 Å². The smallest absolute Gasteiger partial charge is 0.337 e. The molecule has 0 aliphatic carbocycles. The number of ether oxygens (including phenoxy) is 1. The van der Waals surface area contributed by atoms with Gasteiger partial charge in [0, 0.05) is 12.2 Å². The van der Waals surface area contributed by atoms with E-state index in [1.807, 2.05) is 36.9 Å². The fourth-order valence-corrected chi connectivity index (χ4v) is 2.90. The van der Waals surface area contributed by atoms with Gasteiger partial charge >= 0.3 is 5.97 Å². The van der Waals surface area contributed by atoms with E-state index in [-0.39, 0.29) is 5.95 Å². The minimum absolute atomic E-state index is 0.271. The third kappa shape index (κ3) is 4.37. The van der Waals surface area contributed by atoms with Crippen LogP contribution in [0, 0.1) is 6.92 Å². The Balaban J connectivity index is 1.90. The number of rotatable bonds is 6. The lowest BCUT2D eigenvalue weighted by molar-refractivity contribution is 0.0601. The first-order chi connectivity index (χ1) is 13.5. The van der Waals surface area contributed by atoms with Crippen LogP contribution in [-0.4, -0.2) is 34.8 Å². The van der Waals surface area contributed by atoms with Crippen molar-refractivity contribution in [1.82, 2.24) is 15.2 Å². The summed E-state index contributed by atoms with van der Waals surface area (Å²) in [5, 5.41) is 11.5. The third-order valence-electron chi connectivity index (χ3n) is 4.09. The molecular weight excluding hydrogens is 378 g/mol. The van der Waals surface area contributed by atoms with Crippen molar-refractivity contribution in [1.29, 1.82) is 0 Å². The first kappa shape index (κ1) is 19.6. The summed E-state index contributed by atoms with van der Waals surface area (Å²) in [7, 11) is 1.32. The topological polar surface area (TPSA) is 80.2 Å². The molecule has 0 saturated carbocycles. The SMILES string of the molecule is CCN(c1cccc(C)c1)c1cnnc(Nc2cc(C(=O)OC)ccc2Cl)n1. The summed E-state index contributed by atoms with van der Waals surface area (Å²) >= 11 is 6.24.